The summed E-state index contributed by atoms with van der Waals surface area (Å²) in [5.74, 6) is 0.332. The molecule has 0 aliphatic heterocycles. The smallest absolute Gasteiger partial charge is 0.252 e. The molecular weight excluding hydrogens is 373 g/mol. The van der Waals surface area contributed by atoms with Crippen molar-refractivity contribution in [3.63, 3.8) is 0 Å². The molecule has 0 aromatic heterocycles. The average Bonchev–Trinajstić information content (AvgIpc) is 2.32. The first-order valence-electron chi connectivity index (χ1n) is 5.02. The van der Waals surface area contributed by atoms with Crippen LogP contribution < -0.4 is 5.32 Å². The van der Waals surface area contributed by atoms with E-state index in [1.54, 1.807) is 6.07 Å². The lowest BCUT2D eigenvalue weighted by molar-refractivity contribution is 0.0922. The van der Waals surface area contributed by atoms with Crippen molar-refractivity contribution >= 4 is 49.4 Å². The molecule has 0 saturated heterocycles. The highest BCUT2D eigenvalue weighted by Gasteiger charge is 2.09. The van der Waals surface area contributed by atoms with E-state index >= 15 is 0 Å². The summed E-state index contributed by atoms with van der Waals surface area (Å²) in [4.78, 5) is 11.8. The van der Waals surface area contributed by atoms with E-state index in [9.17, 15) is 4.79 Å². The zero-order valence-electron chi connectivity index (χ0n) is 9.01. The van der Waals surface area contributed by atoms with Crippen LogP contribution in [-0.4, -0.2) is 31.5 Å². The molecule has 1 rings (SSSR count). The fraction of sp³-hybridized carbons (Fsp3) is 0.364. The van der Waals surface area contributed by atoms with Crippen LogP contribution in [0.5, 0.6) is 0 Å². The van der Waals surface area contributed by atoms with Crippen molar-refractivity contribution in [1.29, 1.82) is 0 Å². The van der Waals surface area contributed by atoms with Crippen LogP contribution in [0, 0.1) is 0 Å². The number of carbonyl (C=O) groups excluding carboxylic acids is 1. The van der Waals surface area contributed by atoms with E-state index in [4.69, 9.17) is 16.3 Å². The van der Waals surface area contributed by atoms with Gasteiger partial charge in [0.15, 0.2) is 0 Å². The predicted molar refractivity (Wildman–Crippen MR) is 75.7 cm³/mol. The van der Waals surface area contributed by atoms with E-state index in [0.29, 0.717) is 31.2 Å². The fourth-order valence-electron chi connectivity index (χ4n) is 1.16. The molecule has 17 heavy (non-hydrogen) atoms. The summed E-state index contributed by atoms with van der Waals surface area (Å²) in [6, 6.07) is 5.45. The summed E-state index contributed by atoms with van der Waals surface area (Å²) in [5.41, 5.74) is 0.594. The highest BCUT2D eigenvalue weighted by atomic mass is 79.9. The number of nitrogens with one attached hydrogen (secondary N) is 1. The Labute approximate surface area is 122 Å². The third kappa shape index (κ3) is 5.38. The highest BCUT2D eigenvalue weighted by molar-refractivity contribution is 9.11. The minimum absolute atomic E-state index is 0.132. The number of ether oxygens (including phenoxy) is 1. The Balaban J connectivity index is 2.44. The van der Waals surface area contributed by atoms with Crippen LogP contribution in [0.3, 0.4) is 0 Å². The third-order valence-corrected chi connectivity index (χ3v) is 3.27. The van der Waals surface area contributed by atoms with Gasteiger partial charge in [-0.05, 0) is 34.1 Å². The zero-order valence-corrected chi connectivity index (χ0v) is 12.9. The van der Waals surface area contributed by atoms with Crippen LogP contribution in [0.4, 0.5) is 0 Å². The Morgan fingerprint density at radius 2 is 2.12 bits per heavy atom. The summed E-state index contributed by atoms with van der Waals surface area (Å²) in [6.45, 7) is 1.43. The van der Waals surface area contributed by atoms with Gasteiger partial charge < -0.3 is 10.1 Å². The van der Waals surface area contributed by atoms with Crippen LogP contribution in [0.2, 0.25) is 0 Å². The summed E-state index contributed by atoms with van der Waals surface area (Å²) >= 11 is 12.1. The molecule has 0 bridgehead atoms. The van der Waals surface area contributed by atoms with Gasteiger partial charge in [0.2, 0.25) is 0 Å². The molecule has 0 spiro atoms. The van der Waals surface area contributed by atoms with E-state index in [1.807, 2.05) is 12.1 Å². The van der Waals surface area contributed by atoms with Crippen molar-refractivity contribution in [3.05, 3.63) is 32.7 Å². The Morgan fingerprint density at radius 3 is 2.82 bits per heavy atom. The maximum Gasteiger partial charge on any atom is 0.252 e. The highest BCUT2D eigenvalue weighted by Crippen LogP contribution is 2.21. The quantitative estimate of drug-likeness (QED) is 0.603. The Hall–Kier alpha value is -0.100. The van der Waals surface area contributed by atoms with Crippen LogP contribution in [-0.2, 0) is 4.74 Å². The maximum absolute atomic E-state index is 11.8. The molecule has 94 valence electrons. The Morgan fingerprint density at radius 1 is 1.35 bits per heavy atom. The molecule has 0 aliphatic carbocycles. The lowest BCUT2D eigenvalue weighted by Gasteiger charge is -2.07. The van der Waals surface area contributed by atoms with E-state index in [1.165, 1.54) is 0 Å². The largest absolute Gasteiger partial charge is 0.378 e. The molecule has 0 unspecified atom stereocenters. The lowest BCUT2D eigenvalue weighted by atomic mass is 10.2. The molecular formula is C11H12Br2ClNO2. The number of halogens is 3. The first-order chi connectivity index (χ1) is 8.15. The van der Waals surface area contributed by atoms with Gasteiger partial charge in [-0.15, -0.1) is 11.6 Å². The lowest BCUT2D eigenvalue weighted by Crippen LogP contribution is -2.27. The van der Waals surface area contributed by atoms with Gasteiger partial charge in [-0.3, -0.25) is 4.79 Å². The Kier molecular flexibility index (Phi) is 7.11. The number of hydrogen-bond acceptors (Lipinski definition) is 2. The molecule has 1 aromatic rings. The van der Waals surface area contributed by atoms with Gasteiger partial charge in [0.1, 0.15) is 0 Å². The summed E-state index contributed by atoms with van der Waals surface area (Å²) in [6.07, 6.45) is 0. The van der Waals surface area contributed by atoms with E-state index in [2.05, 4.69) is 37.2 Å². The molecule has 1 amide bonds. The maximum atomic E-state index is 11.8. The van der Waals surface area contributed by atoms with Gasteiger partial charge in [0, 0.05) is 21.4 Å². The van der Waals surface area contributed by atoms with Gasteiger partial charge in [-0.2, -0.15) is 0 Å². The van der Waals surface area contributed by atoms with Crippen LogP contribution in [0.1, 0.15) is 10.4 Å². The number of rotatable bonds is 6. The zero-order chi connectivity index (χ0) is 12.7. The predicted octanol–water partition coefficient (Wildman–Crippen LogP) is 3.20. The summed E-state index contributed by atoms with van der Waals surface area (Å²) in [5, 5.41) is 2.77. The SMILES string of the molecule is O=C(NCCOCCCl)c1cc(Br)ccc1Br. The van der Waals surface area contributed by atoms with Gasteiger partial charge in [-0.1, -0.05) is 15.9 Å². The minimum Gasteiger partial charge on any atom is -0.378 e. The third-order valence-electron chi connectivity index (χ3n) is 1.93. The van der Waals surface area contributed by atoms with Gasteiger partial charge in [0.25, 0.3) is 5.91 Å². The molecule has 6 heteroatoms. The monoisotopic (exact) mass is 383 g/mol. The van der Waals surface area contributed by atoms with Gasteiger partial charge >= 0.3 is 0 Å². The molecule has 0 atom stereocenters. The van der Waals surface area contributed by atoms with Crippen molar-refractivity contribution in [1.82, 2.24) is 5.32 Å². The number of amides is 1. The van der Waals surface area contributed by atoms with E-state index in [0.717, 1.165) is 8.95 Å². The molecule has 0 heterocycles. The van der Waals surface area contributed by atoms with Crippen LogP contribution in [0.15, 0.2) is 27.1 Å². The van der Waals surface area contributed by atoms with E-state index in [-0.39, 0.29) is 5.91 Å². The molecule has 0 aliphatic rings. The topological polar surface area (TPSA) is 38.3 Å². The second kappa shape index (κ2) is 8.08. The molecule has 0 radical (unpaired) electrons. The van der Waals surface area contributed by atoms with Crippen LogP contribution >= 0.6 is 43.5 Å². The summed E-state index contributed by atoms with van der Waals surface area (Å²) < 4.78 is 6.78. The number of benzene rings is 1. The fourth-order valence-corrected chi connectivity index (χ4v) is 2.06. The summed E-state index contributed by atoms with van der Waals surface area (Å²) in [7, 11) is 0. The van der Waals surface area contributed by atoms with Gasteiger partial charge in [0.05, 0.1) is 18.8 Å². The van der Waals surface area contributed by atoms with Crippen LogP contribution in [0.25, 0.3) is 0 Å². The van der Waals surface area contributed by atoms with E-state index < -0.39 is 0 Å². The van der Waals surface area contributed by atoms with Gasteiger partial charge in [-0.25, -0.2) is 0 Å². The molecule has 1 aromatic carbocycles. The molecule has 0 fully saturated rings. The first-order valence-corrected chi connectivity index (χ1v) is 7.14. The second-order valence-electron chi connectivity index (χ2n) is 3.18. The standard InChI is InChI=1S/C11H12Br2ClNO2/c12-8-1-2-10(13)9(7-8)11(16)15-4-6-17-5-3-14/h1-2,7H,3-6H2,(H,15,16). The Bertz CT molecular complexity index is 388. The van der Waals surface area contributed by atoms with Crippen molar-refractivity contribution in [2.45, 2.75) is 0 Å². The van der Waals surface area contributed by atoms with Crippen molar-refractivity contribution in [2.75, 3.05) is 25.6 Å². The molecule has 1 N–H and O–H groups in total. The van der Waals surface area contributed by atoms with Crippen molar-refractivity contribution in [2.24, 2.45) is 0 Å². The molecule has 0 saturated carbocycles. The second-order valence-corrected chi connectivity index (χ2v) is 5.33. The molecule has 3 nitrogen and oxygen atoms in total. The van der Waals surface area contributed by atoms with Crippen molar-refractivity contribution in [3.8, 4) is 0 Å². The minimum atomic E-state index is -0.132. The number of hydrogen-bond donors (Lipinski definition) is 1. The number of alkyl halides is 1. The average molecular weight is 385 g/mol. The first kappa shape index (κ1) is 15.0. The van der Waals surface area contributed by atoms with Crippen molar-refractivity contribution < 1.29 is 9.53 Å². The normalized spacial score (nSPS) is 10.3. The number of carbonyl (C=O) groups is 1.